The Morgan fingerprint density at radius 3 is 2.91 bits per heavy atom. The number of ether oxygens (including phenoxy) is 1. The fraction of sp³-hybridized carbons (Fsp3) is 0.292. The minimum atomic E-state index is -0.438. The molecule has 1 N–H and O–H groups in total. The number of nitrogens with zero attached hydrogens (tertiary/aromatic N) is 3. The third-order valence-corrected chi connectivity index (χ3v) is 6.31. The van der Waals surface area contributed by atoms with Crippen molar-refractivity contribution in [2.24, 2.45) is 0 Å². The number of carbonyl (C=O) groups excluding carboxylic acids is 1. The highest BCUT2D eigenvalue weighted by molar-refractivity contribution is 6.31. The molecule has 0 radical (unpaired) electrons. The van der Waals surface area contributed by atoms with Gasteiger partial charge in [-0.3, -0.25) is 14.2 Å². The zero-order valence-corrected chi connectivity index (χ0v) is 18.5. The number of benzene rings is 2. The molecule has 33 heavy (non-hydrogen) atoms. The van der Waals surface area contributed by atoms with Crippen molar-refractivity contribution in [1.82, 2.24) is 19.4 Å². The van der Waals surface area contributed by atoms with Gasteiger partial charge in [0.15, 0.2) is 0 Å². The van der Waals surface area contributed by atoms with Crippen molar-refractivity contribution in [2.45, 2.75) is 32.0 Å². The van der Waals surface area contributed by atoms with Gasteiger partial charge >= 0.3 is 0 Å². The highest BCUT2D eigenvalue weighted by atomic mass is 35.5. The summed E-state index contributed by atoms with van der Waals surface area (Å²) < 4.78 is 22.6. The lowest BCUT2D eigenvalue weighted by Gasteiger charge is -2.12. The lowest BCUT2D eigenvalue weighted by Crippen LogP contribution is -2.34. The van der Waals surface area contributed by atoms with Gasteiger partial charge in [0.1, 0.15) is 23.4 Å². The second-order valence-electron chi connectivity index (χ2n) is 8.15. The summed E-state index contributed by atoms with van der Waals surface area (Å²) in [6.07, 6.45) is 3.33. The number of hydrogen-bond donors (Lipinski definition) is 1. The van der Waals surface area contributed by atoms with E-state index in [1.54, 1.807) is 16.7 Å². The molecule has 1 atom stereocenters. The first-order valence-electron chi connectivity index (χ1n) is 10.8. The van der Waals surface area contributed by atoms with Crippen LogP contribution >= 0.6 is 11.6 Å². The summed E-state index contributed by atoms with van der Waals surface area (Å²) in [6.45, 7) is 1.25. The normalized spacial score (nSPS) is 16.0. The van der Waals surface area contributed by atoms with Gasteiger partial charge in [-0.15, -0.1) is 0 Å². The summed E-state index contributed by atoms with van der Waals surface area (Å²) in [5.41, 5.74) is 1.61. The molecule has 0 spiro atoms. The van der Waals surface area contributed by atoms with Crippen LogP contribution in [0.1, 0.15) is 18.4 Å². The van der Waals surface area contributed by atoms with Crippen LogP contribution < -0.4 is 10.9 Å². The first kappa shape index (κ1) is 21.6. The molecule has 0 saturated carbocycles. The van der Waals surface area contributed by atoms with Gasteiger partial charge < -0.3 is 14.6 Å². The standard InChI is InChI=1S/C24H22ClFN4O3/c25-19-6-2-1-4-15(19)12-29-14-28-22-18-10-16(26)7-8-20(18)30(23(22)24(29)32)13-21(31)27-11-17-5-3-9-33-17/h1-2,4,6-8,10,14,17H,3,5,9,11-13H2,(H,27,31)/t17-/m0/s1. The van der Waals surface area contributed by atoms with E-state index in [4.69, 9.17) is 16.3 Å². The molecule has 0 bridgehead atoms. The molecule has 3 heterocycles. The fourth-order valence-corrected chi connectivity index (χ4v) is 4.49. The Labute approximate surface area is 193 Å². The van der Waals surface area contributed by atoms with Crippen molar-refractivity contribution in [2.75, 3.05) is 13.2 Å². The molecule has 0 aliphatic carbocycles. The number of rotatable bonds is 6. The maximum atomic E-state index is 14.0. The maximum Gasteiger partial charge on any atom is 0.278 e. The van der Waals surface area contributed by atoms with E-state index in [0.29, 0.717) is 34.6 Å². The fourth-order valence-electron chi connectivity index (χ4n) is 4.29. The van der Waals surface area contributed by atoms with Crippen LogP contribution in [-0.2, 0) is 22.6 Å². The molecule has 2 aromatic carbocycles. The molecule has 1 fully saturated rings. The Balaban J connectivity index is 1.55. The summed E-state index contributed by atoms with van der Waals surface area (Å²) in [7, 11) is 0. The maximum absolute atomic E-state index is 14.0. The quantitative estimate of drug-likeness (QED) is 0.470. The van der Waals surface area contributed by atoms with Crippen molar-refractivity contribution in [1.29, 1.82) is 0 Å². The molecule has 2 aromatic heterocycles. The van der Waals surface area contributed by atoms with Crippen LogP contribution in [0.4, 0.5) is 4.39 Å². The predicted octanol–water partition coefficient (Wildman–Crippen LogP) is 3.49. The molecule has 1 aliphatic rings. The third-order valence-electron chi connectivity index (χ3n) is 5.94. The summed E-state index contributed by atoms with van der Waals surface area (Å²) in [5, 5.41) is 3.91. The van der Waals surface area contributed by atoms with Crippen molar-refractivity contribution < 1.29 is 13.9 Å². The summed E-state index contributed by atoms with van der Waals surface area (Å²) >= 11 is 6.27. The first-order valence-corrected chi connectivity index (χ1v) is 11.2. The van der Waals surface area contributed by atoms with Crippen LogP contribution in [0.2, 0.25) is 5.02 Å². The SMILES string of the molecule is O=C(Cn1c2ccc(F)cc2c2ncn(Cc3ccccc3Cl)c(=O)c21)NC[C@@H]1CCCO1. The van der Waals surface area contributed by atoms with Crippen LogP contribution in [0.15, 0.2) is 53.6 Å². The number of fused-ring (bicyclic) bond motifs is 3. The van der Waals surface area contributed by atoms with E-state index in [-0.39, 0.29) is 36.2 Å². The van der Waals surface area contributed by atoms with E-state index < -0.39 is 5.82 Å². The Kier molecular flexibility index (Phi) is 5.86. The number of carbonyl (C=O) groups is 1. The van der Waals surface area contributed by atoms with Gasteiger partial charge in [-0.05, 0) is 42.7 Å². The van der Waals surface area contributed by atoms with Crippen LogP contribution in [0, 0.1) is 5.82 Å². The monoisotopic (exact) mass is 468 g/mol. The molecule has 9 heteroatoms. The van der Waals surface area contributed by atoms with E-state index in [9.17, 15) is 14.0 Å². The van der Waals surface area contributed by atoms with E-state index >= 15 is 0 Å². The minimum absolute atomic E-state index is 0.00992. The Morgan fingerprint density at radius 1 is 1.27 bits per heavy atom. The lowest BCUT2D eigenvalue weighted by atomic mass is 10.2. The molecule has 7 nitrogen and oxygen atoms in total. The van der Waals surface area contributed by atoms with Crippen molar-refractivity contribution in [3.8, 4) is 0 Å². The highest BCUT2D eigenvalue weighted by Gasteiger charge is 2.21. The molecule has 4 aromatic rings. The van der Waals surface area contributed by atoms with Crippen LogP contribution in [0.25, 0.3) is 21.9 Å². The van der Waals surface area contributed by atoms with Gasteiger partial charge in [0.2, 0.25) is 5.91 Å². The van der Waals surface area contributed by atoms with Crippen LogP contribution in [0.3, 0.4) is 0 Å². The van der Waals surface area contributed by atoms with Crippen molar-refractivity contribution in [3.63, 3.8) is 0 Å². The molecule has 170 valence electrons. The lowest BCUT2D eigenvalue weighted by molar-refractivity contribution is -0.122. The molecular weight excluding hydrogens is 447 g/mol. The van der Waals surface area contributed by atoms with Crippen molar-refractivity contribution >= 4 is 39.4 Å². The van der Waals surface area contributed by atoms with Gasteiger partial charge in [-0.2, -0.15) is 0 Å². The van der Waals surface area contributed by atoms with E-state index in [1.165, 1.54) is 23.0 Å². The summed E-state index contributed by atoms with van der Waals surface area (Å²) in [6, 6.07) is 11.5. The van der Waals surface area contributed by atoms with Gasteiger partial charge in [0.05, 0.1) is 24.5 Å². The number of hydrogen-bond acceptors (Lipinski definition) is 4. The smallest absolute Gasteiger partial charge is 0.278 e. The Bertz CT molecular complexity index is 1410. The van der Waals surface area contributed by atoms with Crippen LogP contribution in [0.5, 0.6) is 0 Å². The first-order chi connectivity index (χ1) is 16.0. The average molecular weight is 469 g/mol. The Morgan fingerprint density at radius 2 is 2.12 bits per heavy atom. The number of halogens is 2. The second kappa shape index (κ2) is 8.96. The number of aromatic nitrogens is 3. The van der Waals surface area contributed by atoms with Crippen molar-refractivity contribution in [3.05, 3.63) is 75.5 Å². The summed E-state index contributed by atoms with van der Waals surface area (Å²) in [5.74, 6) is -0.694. The molecule has 5 rings (SSSR count). The van der Waals surface area contributed by atoms with Gasteiger partial charge in [-0.25, -0.2) is 9.37 Å². The number of amides is 1. The van der Waals surface area contributed by atoms with E-state index in [0.717, 1.165) is 18.4 Å². The van der Waals surface area contributed by atoms with Crippen LogP contribution in [-0.4, -0.2) is 39.3 Å². The summed E-state index contributed by atoms with van der Waals surface area (Å²) in [4.78, 5) is 30.7. The minimum Gasteiger partial charge on any atom is -0.376 e. The zero-order valence-electron chi connectivity index (χ0n) is 17.8. The predicted molar refractivity (Wildman–Crippen MR) is 124 cm³/mol. The zero-order chi connectivity index (χ0) is 22.9. The largest absolute Gasteiger partial charge is 0.376 e. The highest BCUT2D eigenvalue weighted by Crippen LogP contribution is 2.26. The molecule has 0 unspecified atom stereocenters. The average Bonchev–Trinajstić information content (AvgIpc) is 3.42. The van der Waals surface area contributed by atoms with E-state index in [1.807, 2.05) is 18.2 Å². The van der Waals surface area contributed by atoms with Gasteiger partial charge in [-0.1, -0.05) is 29.8 Å². The topological polar surface area (TPSA) is 78.2 Å². The molecule has 1 saturated heterocycles. The van der Waals surface area contributed by atoms with E-state index in [2.05, 4.69) is 10.3 Å². The molecular formula is C24H22ClFN4O3. The Hall–Kier alpha value is -3.23. The number of nitrogens with one attached hydrogen (secondary N) is 1. The second-order valence-corrected chi connectivity index (χ2v) is 8.56. The molecule has 1 amide bonds. The molecule has 1 aliphatic heterocycles. The third kappa shape index (κ3) is 4.24. The van der Waals surface area contributed by atoms with Gasteiger partial charge in [0.25, 0.3) is 5.56 Å². The van der Waals surface area contributed by atoms with Gasteiger partial charge in [0, 0.05) is 23.6 Å².